The summed E-state index contributed by atoms with van der Waals surface area (Å²) in [5, 5.41) is 18.9. The molecule has 2 fully saturated rings. The van der Waals surface area contributed by atoms with Crippen molar-refractivity contribution in [1.82, 2.24) is 9.47 Å². The lowest BCUT2D eigenvalue weighted by Gasteiger charge is -2.21. The van der Waals surface area contributed by atoms with Crippen molar-refractivity contribution in [2.24, 2.45) is 0 Å². The lowest BCUT2D eigenvalue weighted by Crippen LogP contribution is -2.36. The molecule has 28 heavy (non-hydrogen) atoms. The number of rotatable bonds is 4. The number of hydrogen-bond acceptors (Lipinski definition) is 4. The Labute approximate surface area is 161 Å². The molecule has 2 unspecified atom stereocenters. The molecule has 1 N–H and O–H groups in total. The SMILES string of the molecule is Cc1cc(C(=O)CN2C3CCC2[C@H](O)C3)c(C)n1-c1ccc(C#N)c(F)c1F. The number of aryl methyl sites for hydroxylation is 1. The molecule has 3 atom stereocenters. The topological polar surface area (TPSA) is 69.3 Å². The molecule has 2 aromatic rings. The number of Topliss-reactive ketones (excluding diaryl/α,β-unsaturated/α-hetero) is 1. The second-order valence-electron chi connectivity index (χ2n) is 7.69. The third-order valence-corrected chi connectivity index (χ3v) is 6.13. The van der Waals surface area contributed by atoms with Gasteiger partial charge in [0, 0.05) is 29.0 Å². The van der Waals surface area contributed by atoms with Crippen LogP contribution in [0.3, 0.4) is 0 Å². The number of carbonyl (C=O) groups is 1. The molecule has 2 bridgehead atoms. The molecule has 0 radical (unpaired) electrons. The molecule has 0 amide bonds. The zero-order valence-electron chi connectivity index (χ0n) is 15.7. The Morgan fingerprint density at radius 2 is 2.04 bits per heavy atom. The second-order valence-corrected chi connectivity index (χ2v) is 7.69. The van der Waals surface area contributed by atoms with Crippen molar-refractivity contribution in [2.75, 3.05) is 6.54 Å². The van der Waals surface area contributed by atoms with Gasteiger partial charge in [0.2, 0.25) is 0 Å². The highest BCUT2D eigenvalue weighted by Gasteiger charge is 2.46. The predicted octanol–water partition coefficient (Wildman–Crippen LogP) is 3.02. The maximum Gasteiger partial charge on any atom is 0.184 e. The van der Waals surface area contributed by atoms with Crippen LogP contribution in [0.15, 0.2) is 18.2 Å². The van der Waals surface area contributed by atoms with Gasteiger partial charge in [-0.1, -0.05) is 0 Å². The smallest absolute Gasteiger partial charge is 0.184 e. The van der Waals surface area contributed by atoms with Gasteiger partial charge in [-0.25, -0.2) is 8.78 Å². The van der Waals surface area contributed by atoms with E-state index >= 15 is 0 Å². The summed E-state index contributed by atoms with van der Waals surface area (Å²) in [4.78, 5) is 15.0. The predicted molar refractivity (Wildman–Crippen MR) is 98.3 cm³/mol. The molecule has 146 valence electrons. The number of carbonyl (C=O) groups excluding carboxylic acids is 1. The summed E-state index contributed by atoms with van der Waals surface area (Å²) in [7, 11) is 0. The first-order chi connectivity index (χ1) is 13.3. The van der Waals surface area contributed by atoms with E-state index in [1.165, 1.54) is 16.7 Å². The summed E-state index contributed by atoms with van der Waals surface area (Å²) in [6.07, 6.45) is 2.21. The van der Waals surface area contributed by atoms with E-state index in [2.05, 4.69) is 4.90 Å². The second kappa shape index (κ2) is 6.80. The summed E-state index contributed by atoms with van der Waals surface area (Å²) in [5.74, 6) is -2.40. The molecule has 3 heterocycles. The van der Waals surface area contributed by atoms with E-state index in [1.807, 2.05) is 0 Å². The zero-order chi connectivity index (χ0) is 20.2. The molecule has 5 nitrogen and oxygen atoms in total. The van der Waals surface area contributed by atoms with Crippen molar-refractivity contribution >= 4 is 5.78 Å². The number of ketones is 1. The Morgan fingerprint density at radius 3 is 2.64 bits per heavy atom. The fraction of sp³-hybridized carbons (Fsp3) is 0.429. The molecular weight excluding hydrogens is 364 g/mol. The van der Waals surface area contributed by atoms with Crippen LogP contribution in [0.5, 0.6) is 0 Å². The lowest BCUT2D eigenvalue weighted by atomic mass is 9.98. The van der Waals surface area contributed by atoms with Crippen LogP contribution in [0.4, 0.5) is 8.78 Å². The van der Waals surface area contributed by atoms with Crippen LogP contribution >= 0.6 is 0 Å². The van der Waals surface area contributed by atoms with Gasteiger partial charge in [0.1, 0.15) is 6.07 Å². The number of aromatic nitrogens is 1. The normalized spacial score (nSPS) is 23.9. The van der Waals surface area contributed by atoms with Gasteiger partial charge in [0.15, 0.2) is 17.4 Å². The summed E-state index contributed by atoms with van der Waals surface area (Å²) in [5.41, 5.74) is 1.21. The van der Waals surface area contributed by atoms with Crippen LogP contribution in [0.1, 0.15) is 46.6 Å². The molecule has 0 spiro atoms. The van der Waals surface area contributed by atoms with Crippen molar-refractivity contribution in [2.45, 2.75) is 51.3 Å². The van der Waals surface area contributed by atoms with E-state index in [1.54, 1.807) is 26.0 Å². The van der Waals surface area contributed by atoms with E-state index in [-0.39, 0.29) is 41.8 Å². The maximum atomic E-state index is 14.5. The molecule has 1 aromatic heterocycles. The third kappa shape index (κ3) is 2.76. The standard InChI is InChI=1S/C21H21F2N3O2/c1-11-7-15(19(28)10-25-14-4-6-16(25)18(27)8-14)12(2)26(11)17-5-3-13(9-24)20(22)21(17)23/h3,5,7,14,16,18,27H,4,6,8,10H2,1-2H3/t14?,16?,18-/m1/s1. The minimum atomic E-state index is -1.19. The third-order valence-electron chi connectivity index (χ3n) is 6.13. The van der Waals surface area contributed by atoms with Crippen LogP contribution in [-0.2, 0) is 0 Å². The number of nitrogens with zero attached hydrogens (tertiary/aromatic N) is 3. The number of fused-ring (bicyclic) bond motifs is 2. The molecular formula is C21H21F2N3O2. The van der Waals surface area contributed by atoms with E-state index in [4.69, 9.17) is 5.26 Å². The van der Waals surface area contributed by atoms with Crippen LogP contribution in [0, 0.1) is 36.8 Å². The lowest BCUT2D eigenvalue weighted by molar-refractivity contribution is 0.0873. The largest absolute Gasteiger partial charge is 0.391 e. The van der Waals surface area contributed by atoms with E-state index < -0.39 is 11.6 Å². The van der Waals surface area contributed by atoms with Crippen molar-refractivity contribution in [3.05, 3.63) is 52.3 Å². The van der Waals surface area contributed by atoms with Gasteiger partial charge in [0.05, 0.1) is 23.9 Å². The maximum absolute atomic E-state index is 14.5. The molecule has 0 saturated carbocycles. The highest BCUT2D eigenvalue weighted by atomic mass is 19.2. The fourth-order valence-corrected chi connectivity index (χ4v) is 4.78. The molecule has 2 aliphatic rings. The van der Waals surface area contributed by atoms with Crippen molar-refractivity contribution < 1.29 is 18.7 Å². The van der Waals surface area contributed by atoms with Gasteiger partial charge in [-0.15, -0.1) is 0 Å². The summed E-state index contributed by atoms with van der Waals surface area (Å²) in [6.45, 7) is 3.63. The van der Waals surface area contributed by atoms with Gasteiger partial charge in [-0.05, 0) is 51.3 Å². The Kier molecular flexibility index (Phi) is 4.56. The number of benzene rings is 1. The highest BCUT2D eigenvalue weighted by Crippen LogP contribution is 2.37. The minimum Gasteiger partial charge on any atom is -0.391 e. The van der Waals surface area contributed by atoms with Gasteiger partial charge in [0.25, 0.3) is 0 Å². The summed E-state index contributed by atoms with van der Waals surface area (Å²) in [6, 6.07) is 6.15. The molecule has 1 aromatic carbocycles. The van der Waals surface area contributed by atoms with Crippen LogP contribution < -0.4 is 0 Å². The average molecular weight is 385 g/mol. The van der Waals surface area contributed by atoms with Gasteiger partial charge >= 0.3 is 0 Å². The number of halogens is 2. The van der Waals surface area contributed by atoms with Crippen molar-refractivity contribution in [1.29, 1.82) is 5.26 Å². The molecule has 4 rings (SSSR count). The van der Waals surface area contributed by atoms with E-state index in [0.717, 1.165) is 12.8 Å². The zero-order valence-corrected chi connectivity index (χ0v) is 15.7. The summed E-state index contributed by atoms with van der Waals surface area (Å²) >= 11 is 0. The van der Waals surface area contributed by atoms with Crippen LogP contribution in [0.2, 0.25) is 0 Å². The van der Waals surface area contributed by atoms with E-state index in [0.29, 0.717) is 23.4 Å². The first-order valence-corrected chi connectivity index (χ1v) is 9.38. The monoisotopic (exact) mass is 385 g/mol. The molecule has 2 aliphatic heterocycles. The average Bonchev–Trinajstić information content (AvgIpc) is 3.28. The first kappa shape index (κ1) is 18.8. The van der Waals surface area contributed by atoms with Crippen LogP contribution in [-0.4, -0.2) is 45.1 Å². The van der Waals surface area contributed by atoms with Gasteiger partial charge in [-0.3, -0.25) is 9.69 Å². The Hall–Kier alpha value is -2.56. The minimum absolute atomic E-state index is 0.0257. The fourth-order valence-electron chi connectivity index (χ4n) is 4.78. The molecule has 7 heteroatoms. The van der Waals surface area contributed by atoms with Crippen molar-refractivity contribution in [3.63, 3.8) is 0 Å². The summed E-state index contributed by atoms with van der Waals surface area (Å²) < 4.78 is 30.1. The Morgan fingerprint density at radius 1 is 1.29 bits per heavy atom. The first-order valence-electron chi connectivity index (χ1n) is 9.38. The van der Waals surface area contributed by atoms with Gasteiger partial charge in [-0.2, -0.15) is 5.26 Å². The molecule has 2 saturated heterocycles. The number of aliphatic hydroxyl groups is 1. The number of hydrogen-bond donors (Lipinski definition) is 1. The van der Waals surface area contributed by atoms with Crippen LogP contribution in [0.25, 0.3) is 5.69 Å². The Bertz CT molecular complexity index is 1010. The molecule has 0 aliphatic carbocycles. The van der Waals surface area contributed by atoms with Crippen molar-refractivity contribution in [3.8, 4) is 11.8 Å². The van der Waals surface area contributed by atoms with E-state index in [9.17, 15) is 18.7 Å². The van der Waals surface area contributed by atoms with Gasteiger partial charge < -0.3 is 9.67 Å². The number of aliphatic hydroxyl groups excluding tert-OH is 1. The quantitative estimate of drug-likeness (QED) is 0.822. The number of nitriles is 1. The highest BCUT2D eigenvalue weighted by molar-refractivity contribution is 5.99. The Balaban J connectivity index is 1.66.